The third-order valence-electron chi connectivity index (χ3n) is 10.6. The fourth-order valence-corrected chi connectivity index (χ4v) is 9.55. The van der Waals surface area contributed by atoms with E-state index in [9.17, 15) is 22.8 Å². The summed E-state index contributed by atoms with van der Waals surface area (Å²) in [6, 6.07) is 7.60. The molecule has 272 valence electrons. The molecule has 2 N–H and O–H groups in total. The number of nitrogens with zero attached hydrogens (tertiary/aromatic N) is 3. The molecule has 12 nitrogen and oxygen atoms in total. The maximum atomic E-state index is 14.2. The van der Waals surface area contributed by atoms with Gasteiger partial charge < -0.3 is 19.7 Å². The highest BCUT2D eigenvalue weighted by Gasteiger charge is 2.62. The van der Waals surface area contributed by atoms with E-state index in [1.54, 1.807) is 19.1 Å². The quantitative estimate of drug-likeness (QED) is 0.306. The number of hydrogen-bond donors (Lipinski definition) is 2. The van der Waals surface area contributed by atoms with E-state index in [2.05, 4.69) is 23.9 Å². The maximum Gasteiger partial charge on any atom is 0.259 e. The van der Waals surface area contributed by atoms with Gasteiger partial charge in [-0.15, -0.1) is 11.3 Å². The molecule has 3 aliphatic carbocycles. The highest BCUT2D eigenvalue weighted by molar-refractivity contribution is 7.91. The van der Waals surface area contributed by atoms with Gasteiger partial charge in [-0.3, -0.25) is 19.1 Å². The van der Waals surface area contributed by atoms with Crippen molar-refractivity contribution < 1.29 is 32.3 Å². The average molecular weight is 736 g/mol. The highest BCUT2D eigenvalue weighted by Crippen LogP contribution is 2.47. The normalized spacial score (nSPS) is 27.7. The minimum absolute atomic E-state index is 0.156. The molecule has 7 rings (SSSR count). The number of ether oxygens (including phenoxy) is 2. The van der Waals surface area contributed by atoms with Crippen LogP contribution in [0.25, 0.3) is 21.5 Å². The zero-order chi connectivity index (χ0) is 36.1. The molecule has 4 aliphatic rings. The molecule has 5 atom stereocenters. The molecular formula is C37H45N5O7S2. The van der Waals surface area contributed by atoms with Gasteiger partial charge in [0.15, 0.2) is 0 Å². The lowest BCUT2D eigenvalue weighted by Crippen LogP contribution is -2.54. The Morgan fingerprint density at radius 2 is 1.90 bits per heavy atom. The van der Waals surface area contributed by atoms with Crippen molar-refractivity contribution in [3.63, 3.8) is 0 Å². The van der Waals surface area contributed by atoms with Gasteiger partial charge in [0.05, 0.1) is 29.9 Å². The van der Waals surface area contributed by atoms with E-state index >= 15 is 0 Å². The van der Waals surface area contributed by atoms with E-state index in [1.165, 1.54) is 11.3 Å². The number of nitrogens with one attached hydrogen (secondary N) is 2. The van der Waals surface area contributed by atoms with Crippen molar-refractivity contribution in [1.82, 2.24) is 24.9 Å². The molecule has 3 heterocycles. The van der Waals surface area contributed by atoms with Crippen LogP contribution in [-0.4, -0.2) is 78.6 Å². The Bertz CT molecular complexity index is 1990. The van der Waals surface area contributed by atoms with Gasteiger partial charge in [-0.2, -0.15) is 0 Å². The van der Waals surface area contributed by atoms with Gasteiger partial charge in [0.2, 0.25) is 27.7 Å². The predicted molar refractivity (Wildman–Crippen MR) is 194 cm³/mol. The number of carbonyl (C=O) groups excluding carboxylic acids is 3. The molecule has 1 aromatic carbocycles. The second-order valence-electron chi connectivity index (χ2n) is 14.7. The van der Waals surface area contributed by atoms with E-state index in [0.717, 1.165) is 40.7 Å². The van der Waals surface area contributed by atoms with Crippen molar-refractivity contribution in [2.45, 2.75) is 88.0 Å². The molecule has 0 unspecified atom stereocenters. The summed E-state index contributed by atoms with van der Waals surface area (Å²) in [5.41, 5.74) is 0.224. The molecule has 3 fully saturated rings. The number of fused-ring (bicyclic) bond motifs is 3. The molecule has 2 aromatic heterocycles. The first kappa shape index (κ1) is 35.4. The van der Waals surface area contributed by atoms with Gasteiger partial charge in [-0.05, 0) is 86.9 Å². The molecule has 0 saturated heterocycles. The zero-order valence-electron chi connectivity index (χ0n) is 29.4. The molecule has 0 bridgehead atoms. The number of hydrogen-bond acceptors (Lipinski definition) is 10. The number of thiazole rings is 1. The fourth-order valence-electron chi connectivity index (χ4n) is 7.25. The topological polar surface area (TPSA) is 157 Å². The lowest BCUT2D eigenvalue weighted by Gasteiger charge is -2.26. The lowest BCUT2D eigenvalue weighted by molar-refractivity contribution is -0.140. The molecule has 0 radical (unpaired) electrons. The number of rotatable bonds is 8. The van der Waals surface area contributed by atoms with Crippen molar-refractivity contribution in [2.75, 3.05) is 20.7 Å². The predicted octanol–water partition coefficient (Wildman–Crippen LogP) is 4.95. The Morgan fingerprint density at radius 1 is 1.12 bits per heavy atom. The number of amides is 3. The van der Waals surface area contributed by atoms with E-state index in [-0.39, 0.29) is 37.0 Å². The van der Waals surface area contributed by atoms with E-state index in [4.69, 9.17) is 19.4 Å². The van der Waals surface area contributed by atoms with Crippen LogP contribution < -0.4 is 19.5 Å². The molecule has 0 spiro atoms. The molecule has 3 saturated carbocycles. The largest absolute Gasteiger partial charge is 0.497 e. The first-order valence-corrected chi connectivity index (χ1v) is 20.2. The summed E-state index contributed by atoms with van der Waals surface area (Å²) in [5, 5.41) is 6.76. The lowest BCUT2D eigenvalue weighted by atomic mass is 9.93. The second kappa shape index (κ2) is 13.8. The summed E-state index contributed by atoms with van der Waals surface area (Å²) < 4.78 is 39.9. The number of allylic oxidation sites excluding steroid dienone is 1. The summed E-state index contributed by atoms with van der Waals surface area (Å²) in [6.07, 6.45) is 7.53. The molecular weight excluding hydrogens is 691 g/mol. The molecule has 1 aliphatic heterocycles. The number of sulfonamides is 1. The minimum atomic E-state index is -3.83. The van der Waals surface area contributed by atoms with E-state index < -0.39 is 50.6 Å². The van der Waals surface area contributed by atoms with Gasteiger partial charge in [-0.25, -0.2) is 18.4 Å². The fraction of sp³-hybridized carbons (Fsp3) is 0.541. The number of benzene rings is 1. The summed E-state index contributed by atoms with van der Waals surface area (Å²) in [6.45, 7) is 4.73. The summed E-state index contributed by atoms with van der Waals surface area (Å²) in [4.78, 5) is 53.2. The Balaban J connectivity index is 1.19. The first-order valence-electron chi connectivity index (χ1n) is 17.8. The monoisotopic (exact) mass is 735 g/mol. The third-order valence-corrected chi connectivity index (χ3v) is 13.3. The van der Waals surface area contributed by atoms with Crippen LogP contribution >= 0.6 is 11.3 Å². The Labute approximate surface area is 302 Å². The van der Waals surface area contributed by atoms with Gasteiger partial charge in [0.25, 0.3) is 5.91 Å². The van der Waals surface area contributed by atoms with Gasteiger partial charge in [-0.1, -0.05) is 26.0 Å². The highest BCUT2D eigenvalue weighted by atomic mass is 32.2. The van der Waals surface area contributed by atoms with Crippen molar-refractivity contribution in [3.05, 3.63) is 47.5 Å². The Kier molecular flexibility index (Phi) is 9.59. The number of aromatic nitrogens is 2. The zero-order valence-corrected chi connectivity index (χ0v) is 31.0. The van der Waals surface area contributed by atoms with Crippen molar-refractivity contribution >= 4 is 49.9 Å². The molecule has 14 heteroatoms. The second-order valence-corrected chi connectivity index (χ2v) is 17.5. The van der Waals surface area contributed by atoms with Gasteiger partial charge in [0.1, 0.15) is 28.1 Å². The average Bonchev–Trinajstić information content (AvgIpc) is 3.98. The maximum absolute atomic E-state index is 14.2. The Hall–Kier alpha value is -4.04. The van der Waals surface area contributed by atoms with Crippen LogP contribution in [0.2, 0.25) is 0 Å². The first-order chi connectivity index (χ1) is 24.4. The van der Waals surface area contributed by atoms with Crippen molar-refractivity contribution in [1.29, 1.82) is 0 Å². The Morgan fingerprint density at radius 3 is 2.63 bits per heavy atom. The van der Waals surface area contributed by atoms with Crippen LogP contribution in [0, 0.1) is 17.8 Å². The van der Waals surface area contributed by atoms with Crippen LogP contribution in [-0.2, 0) is 24.4 Å². The van der Waals surface area contributed by atoms with Gasteiger partial charge in [0, 0.05) is 30.3 Å². The summed E-state index contributed by atoms with van der Waals surface area (Å²) in [7, 11) is -0.459. The van der Waals surface area contributed by atoms with Crippen molar-refractivity contribution in [2.24, 2.45) is 17.8 Å². The van der Waals surface area contributed by atoms with Crippen molar-refractivity contribution in [3.8, 4) is 22.3 Å². The number of carbonyl (C=O) groups is 3. The summed E-state index contributed by atoms with van der Waals surface area (Å²) in [5.74, 6) is -1.87. The van der Waals surface area contributed by atoms with E-state index in [0.29, 0.717) is 36.7 Å². The molecule has 3 amide bonds. The number of methoxy groups -OCH3 is 1. The van der Waals surface area contributed by atoms with Gasteiger partial charge >= 0.3 is 0 Å². The third kappa shape index (κ3) is 7.21. The molecule has 3 aromatic rings. The van der Waals surface area contributed by atoms with Crippen LogP contribution in [0.4, 0.5) is 0 Å². The minimum Gasteiger partial charge on any atom is -0.497 e. The number of pyridine rings is 1. The smallest absolute Gasteiger partial charge is 0.259 e. The SMILES string of the molecule is COc1ccc2c(O[C@@H]3C[C@H]4C(=O)N[C@]5(C(=O)NS(=O)(=O)C6CC6)C[C@H]5/C=C\CCCCN(C)C(=O)[C@@H]4C3)nc(-c3nc(C(C)C)cs3)cc2c1. The van der Waals surface area contributed by atoms with Crippen LogP contribution in [0.15, 0.2) is 41.8 Å². The summed E-state index contributed by atoms with van der Waals surface area (Å²) >= 11 is 1.51. The van der Waals surface area contributed by atoms with E-state index in [1.807, 2.05) is 41.8 Å². The van der Waals surface area contributed by atoms with Crippen LogP contribution in [0.5, 0.6) is 11.6 Å². The standard InChI is InChI=1S/C37H45N5O7S2/c1-21(2)31-20-50-34(39-31)30-16-22-15-24(48-4)10-13-27(22)33(38-30)49-25-17-28-29(18-25)35(44)42(3)14-8-6-5-7-9-23-19-37(23,40-32(28)43)36(45)41-51(46,47)26-11-12-26/h7,9-10,13,15-16,20-21,23,25-26,28-29H,5-6,8,11-12,14,17-19H2,1-4H3,(H,40,43)(H,41,45)/b9-7-/t23-,25-,28-,29-,37-/m1/s1. The van der Waals surface area contributed by atoms with Crippen LogP contribution in [0.1, 0.15) is 76.8 Å². The molecule has 51 heavy (non-hydrogen) atoms. The van der Waals surface area contributed by atoms with Crippen LogP contribution in [0.3, 0.4) is 0 Å².